The summed E-state index contributed by atoms with van der Waals surface area (Å²) in [5.74, 6) is 2.23. The monoisotopic (exact) mass is 220 g/mol. The Balaban J connectivity index is 2.70. The molecule has 1 unspecified atom stereocenters. The Morgan fingerprint density at radius 1 is 1.62 bits per heavy atom. The molecule has 1 saturated heterocycles. The number of nitrogens with one attached hydrogen (secondary N) is 1. The number of rotatable bonds is 3. The third kappa shape index (κ3) is 2.53. The molecule has 1 N–H and O–H groups in total. The van der Waals surface area contributed by atoms with Crippen molar-refractivity contribution in [3.63, 3.8) is 0 Å². The van der Waals surface area contributed by atoms with Crippen LogP contribution >= 0.6 is 0 Å². The first kappa shape index (κ1) is 12.5. The lowest BCUT2D eigenvalue weighted by Crippen LogP contribution is -2.47. The molecule has 16 heavy (non-hydrogen) atoms. The van der Waals surface area contributed by atoms with Crippen molar-refractivity contribution in [2.45, 2.75) is 32.2 Å². The minimum absolute atomic E-state index is 0.261. The van der Waals surface area contributed by atoms with Crippen molar-refractivity contribution in [1.29, 1.82) is 5.26 Å². The minimum atomic E-state index is -0.956. The molecule has 0 spiro atoms. The Labute approximate surface area is 96.0 Å². The summed E-state index contributed by atoms with van der Waals surface area (Å²) in [6, 6.07) is 1.82. The fourth-order valence-corrected chi connectivity index (χ4v) is 1.67. The summed E-state index contributed by atoms with van der Waals surface area (Å²) in [7, 11) is 0. The number of hydrogen-bond donors (Lipinski definition) is 1. The summed E-state index contributed by atoms with van der Waals surface area (Å²) in [6.07, 6.45) is 6.82. The first-order chi connectivity index (χ1) is 7.68. The largest absolute Gasteiger partial charge is 0.381 e. The highest BCUT2D eigenvalue weighted by Gasteiger charge is 2.40. The Morgan fingerprint density at radius 3 is 2.69 bits per heavy atom. The van der Waals surface area contributed by atoms with Gasteiger partial charge in [0.05, 0.1) is 12.1 Å². The predicted molar refractivity (Wildman–Crippen MR) is 59.2 cm³/mol. The Kier molecular flexibility index (Phi) is 4.34. The number of carbonyl (C=O) groups excluding carboxylic acids is 1. The number of amides is 1. The number of hydrogen-bond acceptors (Lipinski definition) is 3. The molecular weight excluding hydrogens is 204 g/mol. The molecule has 1 rings (SSSR count). The third-order valence-electron chi connectivity index (χ3n) is 2.91. The van der Waals surface area contributed by atoms with Gasteiger partial charge >= 0.3 is 0 Å². The first-order valence-corrected chi connectivity index (χ1v) is 5.44. The number of nitriles is 1. The molecule has 4 heteroatoms. The van der Waals surface area contributed by atoms with E-state index >= 15 is 0 Å². The van der Waals surface area contributed by atoms with Gasteiger partial charge in [-0.3, -0.25) is 4.79 Å². The van der Waals surface area contributed by atoms with Crippen LogP contribution in [-0.2, 0) is 9.53 Å². The van der Waals surface area contributed by atoms with Crippen LogP contribution in [0.25, 0.3) is 0 Å². The second-order valence-electron chi connectivity index (χ2n) is 3.91. The van der Waals surface area contributed by atoms with Crippen molar-refractivity contribution < 1.29 is 9.53 Å². The van der Waals surface area contributed by atoms with Gasteiger partial charge in [-0.25, -0.2) is 0 Å². The lowest BCUT2D eigenvalue weighted by molar-refractivity contribution is -0.132. The number of carbonyl (C=O) groups is 1. The number of ether oxygens (including phenoxy) is 1. The van der Waals surface area contributed by atoms with Crippen LogP contribution in [0, 0.1) is 29.1 Å². The van der Waals surface area contributed by atoms with Crippen molar-refractivity contribution in [1.82, 2.24) is 5.32 Å². The molecule has 0 saturated carbocycles. The molecule has 0 aromatic rings. The van der Waals surface area contributed by atoms with E-state index in [2.05, 4.69) is 17.3 Å². The van der Waals surface area contributed by atoms with Crippen LogP contribution in [0.1, 0.15) is 26.2 Å². The minimum Gasteiger partial charge on any atom is -0.381 e. The van der Waals surface area contributed by atoms with Crippen LogP contribution in [0.3, 0.4) is 0 Å². The van der Waals surface area contributed by atoms with E-state index in [1.54, 1.807) is 0 Å². The standard InChI is InChI=1S/C12H16N2O2/c1-3-10(4-2)14-11(15)12(9-13)5-7-16-8-6-12/h1,10H,4-8H2,2H3,(H,14,15). The quantitative estimate of drug-likeness (QED) is 0.717. The maximum atomic E-state index is 12.0. The Morgan fingerprint density at radius 2 is 2.25 bits per heavy atom. The van der Waals surface area contributed by atoms with Gasteiger partial charge in [-0.05, 0) is 19.3 Å². The van der Waals surface area contributed by atoms with E-state index in [0.29, 0.717) is 32.5 Å². The maximum Gasteiger partial charge on any atom is 0.241 e. The average Bonchev–Trinajstić information content (AvgIpc) is 2.36. The fourth-order valence-electron chi connectivity index (χ4n) is 1.67. The molecule has 0 aliphatic carbocycles. The lowest BCUT2D eigenvalue weighted by Gasteiger charge is -2.30. The van der Waals surface area contributed by atoms with Gasteiger partial charge in [0.25, 0.3) is 0 Å². The summed E-state index contributed by atoms with van der Waals surface area (Å²) >= 11 is 0. The van der Waals surface area contributed by atoms with Crippen molar-refractivity contribution in [3.05, 3.63) is 0 Å². The summed E-state index contributed by atoms with van der Waals surface area (Å²) in [4.78, 5) is 12.0. The van der Waals surface area contributed by atoms with E-state index in [-0.39, 0.29) is 11.9 Å². The second kappa shape index (κ2) is 5.53. The molecule has 1 aliphatic heterocycles. The lowest BCUT2D eigenvalue weighted by atomic mass is 9.80. The van der Waals surface area contributed by atoms with Gasteiger partial charge in [0, 0.05) is 13.2 Å². The van der Waals surface area contributed by atoms with Gasteiger partial charge < -0.3 is 10.1 Å². The molecule has 1 heterocycles. The molecule has 0 bridgehead atoms. The average molecular weight is 220 g/mol. The zero-order valence-corrected chi connectivity index (χ0v) is 9.45. The van der Waals surface area contributed by atoms with E-state index in [1.807, 2.05) is 6.92 Å². The van der Waals surface area contributed by atoms with Crippen molar-refractivity contribution in [2.75, 3.05) is 13.2 Å². The molecule has 0 radical (unpaired) electrons. The highest BCUT2D eigenvalue weighted by atomic mass is 16.5. The highest BCUT2D eigenvalue weighted by Crippen LogP contribution is 2.29. The summed E-state index contributed by atoms with van der Waals surface area (Å²) < 4.78 is 5.16. The molecule has 0 aromatic carbocycles. The highest BCUT2D eigenvalue weighted by molar-refractivity contribution is 5.86. The second-order valence-corrected chi connectivity index (χ2v) is 3.91. The molecule has 0 aromatic heterocycles. The molecule has 4 nitrogen and oxygen atoms in total. The third-order valence-corrected chi connectivity index (χ3v) is 2.91. The zero-order chi connectivity index (χ0) is 12.0. The van der Waals surface area contributed by atoms with Gasteiger partial charge in [0.2, 0.25) is 5.91 Å². The smallest absolute Gasteiger partial charge is 0.241 e. The normalized spacial score (nSPS) is 20.2. The van der Waals surface area contributed by atoms with Crippen LogP contribution in [0.5, 0.6) is 0 Å². The fraction of sp³-hybridized carbons (Fsp3) is 0.667. The molecule has 1 aliphatic rings. The van der Waals surface area contributed by atoms with E-state index < -0.39 is 5.41 Å². The van der Waals surface area contributed by atoms with Crippen molar-refractivity contribution >= 4 is 5.91 Å². The van der Waals surface area contributed by atoms with Gasteiger partial charge in [-0.1, -0.05) is 12.8 Å². The summed E-state index contributed by atoms with van der Waals surface area (Å²) in [5, 5.41) is 11.9. The maximum absolute atomic E-state index is 12.0. The SMILES string of the molecule is C#CC(CC)NC(=O)C1(C#N)CCOCC1. The van der Waals surface area contributed by atoms with Crippen LogP contribution in [0.15, 0.2) is 0 Å². The van der Waals surface area contributed by atoms with Gasteiger partial charge in [-0.15, -0.1) is 6.42 Å². The number of terminal acetylenes is 1. The first-order valence-electron chi connectivity index (χ1n) is 5.44. The van der Waals surface area contributed by atoms with Gasteiger partial charge in [0.15, 0.2) is 0 Å². The molecule has 86 valence electrons. The van der Waals surface area contributed by atoms with E-state index in [0.717, 1.165) is 0 Å². The predicted octanol–water partition coefficient (Wildman–Crippen LogP) is 0.835. The van der Waals surface area contributed by atoms with Crippen LogP contribution < -0.4 is 5.32 Å². The van der Waals surface area contributed by atoms with E-state index in [9.17, 15) is 4.79 Å². The van der Waals surface area contributed by atoms with Crippen LogP contribution in [0.2, 0.25) is 0 Å². The Hall–Kier alpha value is -1.52. The molecule has 1 fully saturated rings. The van der Waals surface area contributed by atoms with Gasteiger partial charge in [-0.2, -0.15) is 5.26 Å². The van der Waals surface area contributed by atoms with Crippen molar-refractivity contribution in [2.24, 2.45) is 5.41 Å². The molecule has 1 atom stereocenters. The van der Waals surface area contributed by atoms with E-state index in [4.69, 9.17) is 16.4 Å². The summed E-state index contributed by atoms with van der Waals surface area (Å²) in [6.45, 7) is 2.80. The summed E-state index contributed by atoms with van der Waals surface area (Å²) in [5.41, 5.74) is -0.956. The Bertz CT molecular complexity index is 332. The topological polar surface area (TPSA) is 62.1 Å². The molecule has 1 amide bonds. The van der Waals surface area contributed by atoms with Gasteiger partial charge in [0.1, 0.15) is 5.41 Å². The van der Waals surface area contributed by atoms with Crippen molar-refractivity contribution in [3.8, 4) is 18.4 Å². The van der Waals surface area contributed by atoms with E-state index in [1.165, 1.54) is 0 Å². The van der Waals surface area contributed by atoms with Crippen LogP contribution in [-0.4, -0.2) is 25.2 Å². The number of nitrogens with zero attached hydrogens (tertiary/aromatic N) is 1. The molecular formula is C12H16N2O2. The van der Waals surface area contributed by atoms with Crippen LogP contribution in [0.4, 0.5) is 0 Å². The zero-order valence-electron chi connectivity index (χ0n) is 9.45.